The fraction of sp³-hybridized carbons (Fsp3) is 0.364. The first kappa shape index (κ1) is 20.4. The van der Waals surface area contributed by atoms with Crippen molar-refractivity contribution < 1.29 is 22.7 Å². The maximum atomic E-state index is 13.1. The van der Waals surface area contributed by atoms with Crippen LogP contribution < -0.4 is 10.1 Å². The van der Waals surface area contributed by atoms with E-state index in [4.69, 9.17) is 4.74 Å². The zero-order valence-electron chi connectivity index (χ0n) is 16.8. The maximum Gasteiger partial charge on any atom is 0.269 e. The smallest absolute Gasteiger partial charge is 0.269 e. The summed E-state index contributed by atoms with van der Waals surface area (Å²) in [7, 11) is -3.95. The molecule has 0 atom stereocenters. The highest BCUT2D eigenvalue weighted by atomic mass is 32.2. The molecule has 0 radical (unpaired) electrons. The lowest BCUT2D eigenvalue weighted by Gasteiger charge is -2.29. The normalized spacial score (nSPS) is 18.2. The molecule has 0 saturated heterocycles. The zero-order chi connectivity index (χ0) is 21.3. The maximum absolute atomic E-state index is 13.1. The van der Waals surface area contributed by atoms with E-state index in [1.54, 1.807) is 24.3 Å². The molecular weight excluding hydrogens is 404 g/mol. The quantitative estimate of drug-likeness (QED) is 0.782. The number of ether oxygens (including phenoxy) is 1. The van der Waals surface area contributed by atoms with Gasteiger partial charge in [0.25, 0.3) is 21.8 Å². The molecule has 2 amide bonds. The molecule has 0 bridgehead atoms. The van der Waals surface area contributed by atoms with Gasteiger partial charge in [-0.15, -0.1) is 0 Å². The summed E-state index contributed by atoms with van der Waals surface area (Å²) in [6.45, 7) is 2.43. The molecule has 0 aromatic heterocycles. The van der Waals surface area contributed by atoms with Crippen LogP contribution in [0.2, 0.25) is 0 Å². The molecule has 30 heavy (non-hydrogen) atoms. The lowest BCUT2D eigenvalue weighted by Crippen LogP contribution is -2.40. The summed E-state index contributed by atoms with van der Waals surface area (Å²) in [6.07, 6.45) is 4.25. The number of anilines is 1. The Balaban J connectivity index is 1.57. The van der Waals surface area contributed by atoms with Crippen LogP contribution in [-0.4, -0.2) is 37.2 Å². The van der Waals surface area contributed by atoms with Gasteiger partial charge in [-0.05, 0) is 62.2 Å². The molecule has 2 aliphatic rings. The number of nitrogens with one attached hydrogen (secondary N) is 1. The standard InChI is InChI=1S/C22H24N2O5S/c1-2-29-18-11-9-16(10-12-18)23-21(25)15-8-13-19-20(14-15)30(27,28)24(22(19)26)17-6-4-3-5-7-17/h8-14,17H,2-7H2,1H3,(H,23,25). The third-order valence-electron chi connectivity index (χ3n) is 5.54. The average Bonchev–Trinajstić information content (AvgIpc) is 2.95. The van der Waals surface area contributed by atoms with E-state index in [-0.39, 0.29) is 22.1 Å². The van der Waals surface area contributed by atoms with Crippen molar-refractivity contribution in [1.29, 1.82) is 0 Å². The molecule has 1 fully saturated rings. The molecule has 2 aromatic rings. The number of rotatable bonds is 5. The average molecular weight is 429 g/mol. The zero-order valence-corrected chi connectivity index (χ0v) is 17.6. The van der Waals surface area contributed by atoms with Crippen molar-refractivity contribution in [3.05, 3.63) is 53.6 Å². The van der Waals surface area contributed by atoms with Gasteiger partial charge in [-0.1, -0.05) is 19.3 Å². The van der Waals surface area contributed by atoms with Gasteiger partial charge in [0.05, 0.1) is 12.2 Å². The first-order valence-electron chi connectivity index (χ1n) is 10.2. The summed E-state index contributed by atoms with van der Waals surface area (Å²) in [6, 6.07) is 10.8. The highest BCUT2D eigenvalue weighted by Crippen LogP contribution is 2.36. The third-order valence-corrected chi connectivity index (χ3v) is 7.42. The van der Waals surface area contributed by atoms with Gasteiger partial charge >= 0.3 is 0 Å². The third kappa shape index (κ3) is 3.67. The fourth-order valence-corrected chi connectivity index (χ4v) is 5.91. The highest BCUT2D eigenvalue weighted by molar-refractivity contribution is 7.90. The monoisotopic (exact) mass is 428 g/mol. The molecule has 158 valence electrons. The van der Waals surface area contributed by atoms with E-state index in [1.807, 2.05) is 6.92 Å². The SMILES string of the molecule is CCOc1ccc(NC(=O)c2ccc3c(c2)S(=O)(=O)N(C2CCCCC2)C3=O)cc1. The van der Waals surface area contributed by atoms with Gasteiger partial charge in [-0.3, -0.25) is 9.59 Å². The van der Waals surface area contributed by atoms with Crippen LogP contribution in [0.5, 0.6) is 5.75 Å². The predicted molar refractivity (Wildman–Crippen MR) is 112 cm³/mol. The van der Waals surface area contributed by atoms with Crippen molar-refractivity contribution in [1.82, 2.24) is 4.31 Å². The molecule has 1 heterocycles. The number of amides is 2. The van der Waals surface area contributed by atoms with Crippen molar-refractivity contribution in [3.63, 3.8) is 0 Å². The molecular formula is C22H24N2O5S. The fourth-order valence-electron chi connectivity index (χ4n) is 4.07. The number of fused-ring (bicyclic) bond motifs is 1. The van der Waals surface area contributed by atoms with Crippen molar-refractivity contribution in [3.8, 4) is 5.75 Å². The van der Waals surface area contributed by atoms with E-state index in [9.17, 15) is 18.0 Å². The van der Waals surface area contributed by atoms with Crippen LogP contribution in [0.1, 0.15) is 59.7 Å². The number of sulfonamides is 1. The van der Waals surface area contributed by atoms with Crippen molar-refractivity contribution in [2.24, 2.45) is 0 Å². The van der Waals surface area contributed by atoms with Gasteiger partial charge in [0, 0.05) is 17.3 Å². The van der Waals surface area contributed by atoms with Crippen LogP contribution in [0.3, 0.4) is 0 Å². The summed E-state index contributed by atoms with van der Waals surface area (Å²) >= 11 is 0. The Kier molecular flexibility index (Phi) is 5.51. The molecule has 1 aliphatic heterocycles. The minimum Gasteiger partial charge on any atom is -0.494 e. The summed E-state index contributed by atoms with van der Waals surface area (Å²) in [5.74, 6) is -0.239. The molecule has 8 heteroatoms. The lowest BCUT2D eigenvalue weighted by molar-refractivity contribution is 0.0809. The Labute approximate surface area is 176 Å². The predicted octanol–water partition coefficient (Wildman–Crippen LogP) is 3.81. The molecule has 7 nitrogen and oxygen atoms in total. The topological polar surface area (TPSA) is 92.8 Å². The second-order valence-electron chi connectivity index (χ2n) is 7.52. The van der Waals surface area contributed by atoms with Gasteiger partial charge < -0.3 is 10.1 Å². The number of hydrogen-bond donors (Lipinski definition) is 1. The van der Waals surface area contributed by atoms with Crippen LogP contribution in [-0.2, 0) is 10.0 Å². The van der Waals surface area contributed by atoms with E-state index >= 15 is 0 Å². The first-order valence-corrected chi connectivity index (χ1v) is 11.6. The van der Waals surface area contributed by atoms with Gasteiger partial charge in [0.1, 0.15) is 10.6 Å². The Morgan fingerprint density at radius 1 is 1.10 bits per heavy atom. The Bertz CT molecular complexity index is 1070. The minimum atomic E-state index is -3.95. The van der Waals surface area contributed by atoms with Crippen molar-refractivity contribution in [2.45, 2.75) is 50.0 Å². The Morgan fingerprint density at radius 2 is 1.80 bits per heavy atom. The van der Waals surface area contributed by atoms with Gasteiger partial charge in [0.2, 0.25) is 0 Å². The molecule has 1 aliphatic carbocycles. The van der Waals surface area contributed by atoms with Crippen LogP contribution in [0.25, 0.3) is 0 Å². The molecule has 1 saturated carbocycles. The van der Waals surface area contributed by atoms with E-state index in [0.717, 1.165) is 23.6 Å². The number of benzene rings is 2. The van der Waals surface area contributed by atoms with Crippen LogP contribution in [0.4, 0.5) is 5.69 Å². The van der Waals surface area contributed by atoms with E-state index < -0.39 is 21.8 Å². The van der Waals surface area contributed by atoms with Crippen LogP contribution >= 0.6 is 0 Å². The molecule has 4 rings (SSSR count). The second-order valence-corrected chi connectivity index (χ2v) is 9.30. The summed E-state index contributed by atoms with van der Waals surface area (Å²) in [5.41, 5.74) is 0.884. The van der Waals surface area contributed by atoms with Crippen molar-refractivity contribution >= 4 is 27.5 Å². The largest absolute Gasteiger partial charge is 0.494 e. The van der Waals surface area contributed by atoms with Crippen LogP contribution in [0.15, 0.2) is 47.4 Å². The van der Waals surface area contributed by atoms with Crippen LogP contribution in [0, 0.1) is 0 Å². The molecule has 0 spiro atoms. The van der Waals surface area contributed by atoms with Gasteiger partial charge in [0.15, 0.2) is 0 Å². The Morgan fingerprint density at radius 3 is 2.47 bits per heavy atom. The summed E-state index contributed by atoms with van der Waals surface area (Å²) in [4.78, 5) is 25.4. The second kappa shape index (κ2) is 8.10. The number of carbonyl (C=O) groups is 2. The summed E-state index contributed by atoms with van der Waals surface area (Å²) < 4.78 is 32.6. The van der Waals surface area contributed by atoms with Gasteiger partial charge in [-0.2, -0.15) is 0 Å². The van der Waals surface area contributed by atoms with E-state index in [2.05, 4.69) is 5.32 Å². The van der Waals surface area contributed by atoms with E-state index in [1.165, 1.54) is 18.2 Å². The molecule has 0 unspecified atom stereocenters. The molecule has 2 aromatic carbocycles. The first-order chi connectivity index (χ1) is 14.4. The lowest BCUT2D eigenvalue weighted by atomic mass is 9.95. The molecule has 1 N–H and O–H groups in total. The number of carbonyl (C=O) groups excluding carboxylic acids is 2. The van der Waals surface area contributed by atoms with E-state index in [0.29, 0.717) is 30.9 Å². The Hall–Kier alpha value is -2.87. The van der Waals surface area contributed by atoms with Crippen molar-refractivity contribution in [2.75, 3.05) is 11.9 Å². The van der Waals surface area contributed by atoms with Gasteiger partial charge in [-0.25, -0.2) is 12.7 Å². The number of nitrogens with zero attached hydrogens (tertiary/aromatic N) is 1. The number of hydrogen-bond acceptors (Lipinski definition) is 5. The minimum absolute atomic E-state index is 0.0857. The summed E-state index contributed by atoms with van der Waals surface area (Å²) in [5, 5.41) is 2.74. The highest BCUT2D eigenvalue weighted by Gasteiger charge is 2.45.